The van der Waals surface area contributed by atoms with Crippen LogP contribution in [0.2, 0.25) is 0 Å². The van der Waals surface area contributed by atoms with E-state index in [-0.39, 0.29) is 0 Å². The van der Waals surface area contributed by atoms with Crippen LogP contribution < -0.4 is 4.90 Å². The van der Waals surface area contributed by atoms with Crippen LogP contribution in [0, 0.1) is 0 Å². The summed E-state index contributed by atoms with van der Waals surface area (Å²) in [4.78, 5) is 2.44. The second-order valence-corrected chi connectivity index (χ2v) is 15.3. The van der Waals surface area contributed by atoms with Crippen LogP contribution >= 0.6 is 0 Å². The Bertz CT molecular complexity index is 3580. The van der Waals surface area contributed by atoms with Gasteiger partial charge in [0, 0.05) is 16.5 Å². The molecule has 0 N–H and O–H groups in total. The van der Waals surface area contributed by atoms with Gasteiger partial charge in [0.05, 0.1) is 16.8 Å². The van der Waals surface area contributed by atoms with Crippen molar-refractivity contribution in [2.45, 2.75) is 0 Å². The van der Waals surface area contributed by atoms with E-state index in [0.717, 1.165) is 39.0 Å². The molecule has 0 aliphatic rings. The van der Waals surface area contributed by atoms with E-state index in [1.807, 2.05) is 0 Å². The van der Waals surface area contributed by atoms with Crippen molar-refractivity contribution < 1.29 is 4.42 Å². The van der Waals surface area contributed by atoms with Crippen LogP contribution in [0.25, 0.3) is 98.1 Å². The number of rotatable bonds is 5. The predicted molar refractivity (Wildman–Crippen MR) is 247 cm³/mol. The van der Waals surface area contributed by atoms with Crippen LogP contribution in [0.5, 0.6) is 0 Å². The van der Waals surface area contributed by atoms with E-state index in [9.17, 15) is 0 Å². The van der Waals surface area contributed by atoms with Crippen LogP contribution in [0.1, 0.15) is 0 Å². The third-order valence-electron chi connectivity index (χ3n) is 12.0. The van der Waals surface area contributed by atoms with Gasteiger partial charge < -0.3 is 9.32 Å². The van der Waals surface area contributed by atoms with Gasteiger partial charge >= 0.3 is 0 Å². The molecule has 0 aliphatic carbocycles. The minimum absolute atomic E-state index is 0.867. The molecule has 270 valence electrons. The lowest BCUT2D eigenvalue weighted by Gasteiger charge is -2.28. The van der Waals surface area contributed by atoms with Crippen LogP contribution in [0.4, 0.5) is 17.1 Å². The molecule has 11 aromatic carbocycles. The summed E-state index contributed by atoms with van der Waals surface area (Å²) in [6.45, 7) is 0. The number of nitrogens with zero attached hydrogens (tertiary/aromatic N) is 1. The maximum Gasteiger partial charge on any atom is 0.137 e. The number of fused-ring (bicyclic) bond motifs is 9. The van der Waals surface area contributed by atoms with E-state index < -0.39 is 0 Å². The Morgan fingerprint density at radius 3 is 1.76 bits per heavy atom. The summed E-state index contributed by atoms with van der Waals surface area (Å²) in [7, 11) is 0. The van der Waals surface area contributed by atoms with E-state index in [1.165, 1.54) is 76.1 Å². The zero-order valence-corrected chi connectivity index (χ0v) is 31.6. The van der Waals surface area contributed by atoms with Gasteiger partial charge in [-0.1, -0.05) is 158 Å². The SMILES string of the molecule is c1ccc(-c2ccc(N(c3ccc4cc(-c5cc6ccccc6c6ccccc56)ccc4c3)c3cccc4oc5cc6ccccc6cc5c34)c3ccccc23)cc1. The second-order valence-electron chi connectivity index (χ2n) is 15.3. The number of hydrogen-bond donors (Lipinski definition) is 0. The van der Waals surface area contributed by atoms with Crippen molar-refractivity contribution in [1.82, 2.24) is 0 Å². The fourth-order valence-electron chi connectivity index (χ4n) is 9.27. The molecule has 12 rings (SSSR count). The van der Waals surface area contributed by atoms with Crippen molar-refractivity contribution in [2.75, 3.05) is 4.90 Å². The summed E-state index contributed by atoms with van der Waals surface area (Å²) in [6, 6.07) is 77.1. The van der Waals surface area contributed by atoms with Crippen molar-refractivity contribution in [1.29, 1.82) is 0 Å². The topological polar surface area (TPSA) is 16.4 Å². The first-order chi connectivity index (χ1) is 28.7. The lowest BCUT2D eigenvalue weighted by atomic mass is 9.92. The van der Waals surface area contributed by atoms with E-state index in [4.69, 9.17) is 4.42 Å². The lowest BCUT2D eigenvalue weighted by molar-refractivity contribution is 0.669. The molecule has 2 heteroatoms. The van der Waals surface area contributed by atoms with Gasteiger partial charge in [-0.15, -0.1) is 0 Å². The van der Waals surface area contributed by atoms with Gasteiger partial charge in [-0.3, -0.25) is 0 Å². The van der Waals surface area contributed by atoms with Crippen molar-refractivity contribution >= 4 is 92.9 Å². The van der Waals surface area contributed by atoms with Crippen molar-refractivity contribution in [3.8, 4) is 22.3 Å². The monoisotopic (exact) mass is 737 g/mol. The Hall–Kier alpha value is -7.68. The summed E-state index contributed by atoms with van der Waals surface area (Å²) in [6.07, 6.45) is 0. The Balaban J connectivity index is 1.09. The number of hydrogen-bond acceptors (Lipinski definition) is 2. The second kappa shape index (κ2) is 12.9. The summed E-state index contributed by atoms with van der Waals surface area (Å²) >= 11 is 0. The molecular formula is C56H35NO. The molecule has 0 bridgehead atoms. The lowest BCUT2D eigenvalue weighted by Crippen LogP contribution is -2.11. The van der Waals surface area contributed by atoms with E-state index in [2.05, 4.69) is 217 Å². The Labute approximate surface area is 335 Å². The Morgan fingerprint density at radius 1 is 0.293 bits per heavy atom. The van der Waals surface area contributed by atoms with Gasteiger partial charge in [0.1, 0.15) is 11.2 Å². The van der Waals surface area contributed by atoms with Gasteiger partial charge in [-0.05, 0) is 125 Å². The maximum atomic E-state index is 6.64. The van der Waals surface area contributed by atoms with E-state index >= 15 is 0 Å². The first-order valence-corrected chi connectivity index (χ1v) is 19.9. The van der Waals surface area contributed by atoms with Crippen LogP contribution in [0.15, 0.2) is 217 Å². The standard InChI is InChI=1S/C56H35NO/c1-2-13-36(14-3-1)45-29-30-52(49-22-11-10-20-47(45)49)57(53-23-12-24-54-56(53)51-33-37-15-4-5-16-38(37)35-55(51)58-54)43-28-27-39-31-42(26-25-40(39)32-43)50-34-41-17-6-7-18-44(41)46-19-8-9-21-48(46)50/h1-35H. The molecule has 0 aliphatic heterocycles. The van der Waals surface area contributed by atoms with Gasteiger partial charge in [0.2, 0.25) is 0 Å². The summed E-state index contributed by atoms with van der Waals surface area (Å²) in [5, 5.41) is 14.4. The van der Waals surface area contributed by atoms with Crippen molar-refractivity contribution in [3.05, 3.63) is 212 Å². The molecule has 0 radical (unpaired) electrons. The molecule has 0 spiro atoms. The van der Waals surface area contributed by atoms with Crippen molar-refractivity contribution in [2.24, 2.45) is 0 Å². The average molecular weight is 738 g/mol. The third-order valence-corrected chi connectivity index (χ3v) is 12.0. The number of benzene rings is 11. The molecule has 58 heavy (non-hydrogen) atoms. The molecule has 0 amide bonds. The molecule has 0 atom stereocenters. The fraction of sp³-hybridized carbons (Fsp3) is 0. The normalized spacial score (nSPS) is 11.8. The Kier molecular flexibility index (Phi) is 7.26. The van der Waals surface area contributed by atoms with E-state index in [0.29, 0.717) is 0 Å². The quantitative estimate of drug-likeness (QED) is 0.164. The highest BCUT2D eigenvalue weighted by Crippen LogP contribution is 2.47. The highest BCUT2D eigenvalue weighted by Gasteiger charge is 2.23. The molecule has 0 saturated carbocycles. The fourth-order valence-corrected chi connectivity index (χ4v) is 9.27. The zero-order valence-electron chi connectivity index (χ0n) is 31.6. The minimum Gasteiger partial charge on any atom is -0.456 e. The highest BCUT2D eigenvalue weighted by atomic mass is 16.3. The molecule has 0 unspecified atom stereocenters. The third kappa shape index (κ3) is 5.12. The number of anilines is 3. The predicted octanol–water partition coefficient (Wildman–Crippen LogP) is 16.2. The van der Waals surface area contributed by atoms with Crippen LogP contribution in [-0.2, 0) is 0 Å². The molecule has 1 aromatic heterocycles. The van der Waals surface area contributed by atoms with Crippen molar-refractivity contribution in [3.63, 3.8) is 0 Å². The summed E-state index contributed by atoms with van der Waals surface area (Å²) < 4.78 is 6.64. The van der Waals surface area contributed by atoms with E-state index in [1.54, 1.807) is 0 Å². The smallest absolute Gasteiger partial charge is 0.137 e. The molecule has 0 fully saturated rings. The summed E-state index contributed by atoms with van der Waals surface area (Å²) in [5.41, 5.74) is 9.89. The molecule has 12 aromatic rings. The molecule has 2 nitrogen and oxygen atoms in total. The molecular weight excluding hydrogens is 703 g/mol. The summed E-state index contributed by atoms with van der Waals surface area (Å²) in [5.74, 6) is 0. The van der Waals surface area contributed by atoms with Gasteiger partial charge in [-0.2, -0.15) is 0 Å². The van der Waals surface area contributed by atoms with Gasteiger partial charge in [-0.25, -0.2) is 0 Å². The van der Waals surface area contributed by atoms with Gasteiger partial charge in [0.15, 0.2) is 0 Å². The van der Waals surface area contributed by atoms with Crippen LogP contribution in [-0.4, -0.2) is 0 Å². The number of furan rings is 1. The first-order valence-electron chi connectivity index (χ1n) is 19.9. The molecule has 1 heterocycles. The average Bonchev–Trinajstić information content (AvgIpc) is 3.66. The largest absolute Gasteiger partial charge is 0.456 e. The zero-order chi connectivity index (χ0) is 38.2. The highest BCUT2D eigenvalue weighted by molar-refractivity contribution is 6.18. The maximum absolute atomic E-state index is 6.64. The van der Waals surface area contributed by atoms with Gasteiger partial charge in [0.25, 0.3) is 0 Å². The molecule has 0 saturated heterocycles. The van der Waals surface area contributed by atoms with Crippen LogP contribution in [0.3, 0.4) is 0 Å². The Morgan fingerprint density at radius 2 is 0.931 bits per heavy atom. The minimum atomic E-state index is 0.867. The first kappa shape index (κ1) is 32.6.